The van der Waals surface area contributed by atoms with Crippen LogP contribution in [0.1, 0.15) is 5.89 Å². The van der Waals surface area contributed by atoms with E-state index in [1.807, 2.05) is 6.07 Å². The highest BCUT2D eigenvalue weighted by Crippen LogP contribution is 2.18. The summed E-state index contributed by atoms with van der Waals surface area (Å²) >= 11 is 0. The van der Waals surface area contributed by atoms with E-state index in [0.717, 1.165) is 0 Å². The maximum absolute atomic E-state index is 10.5. The first-order valence-corrected chi connectivity index (χ1v) is 4.00. The van der Waals surface area contributed by atoms with Crippen molar-refractivity contribution in [1.29, 1.82) is 0 Å². The molecule has 0 fully saturated rings. The second-order valence-electron chi connectivity index (χ2n) is 2.69. The zero-order valence-corrected chi connectivity index (χ0v) is 7.18. The number of hydrogen-bond donors (Lipinski definition) is 1. The molecule has 2 aromatic rings. The minimum Gasteiger partial charge on any atom is -0.515 e. The molecule has 0 atom stereocenters. The molecule has 70 valence electrons. The van der Waals surface area contributed by atoms with Crippen molar-refractivity contribution in [2.24, 2.45) is 0 Å². The van der Waals surface area contributed by atoms with Crippen molar-refractivity contribution in [2.45, 2.75) is 0 Å². The molecule has 0 unspecified atom stereocenters. The third-order valence-electron chi connectivity index (χ3n) is 1.81. The number of rotatable bonds is 2. The number of allylic oxidation sites excluding steroid dienone is 1. The summed E-state index contributed by atoms with van der Waals surface area (Å²) < 4.78 is 5.24. The Labute approximate surface area is 79.5 Å². The Balaban J connectivity index is 2.60. The highest BCUT2D eigenvalue weighted by atomic mass is 16.3. The maximum atomic E-state index is 10.5. The van der Waals surface area contributed by atoms with Gasteiger partial charge >= 0.3 is 0 Å². The minimum atomic E-state index is 0.0289. The average Bonchev–Trinajstić information content (AvgIpc) is 2.63. The van der Waals surface area contributed by atoms with Crippen molar-refractivity contribution >= 4 is 23.0 Å². The van der Waals surface area contributed by atoms with Gasteiger partial charge in [0.25, 0.3) is 0 Å². The molecule has 0 radical (unpaired) electrons. The lowest BCUT2D eigenvalue weighted by atomic mass is 10.3. The van der Waals surface area contributed by atoms with Gasteiger partial charge in [-0.15, -0.1) is 0 Å². The monoisotopic (exact) mass is 189 g/mol. The largest absolute Gasteiger partial charge is 0.515 e. The number of fused-ring (bicyclic) bond motifs is 1. The Morgan fingerprint density at radius 3 is 2.86 bits per heavy atom. The fourth-order valence-corrected chi connectivity index (χ4v) is 1.13. The molecule has 0 aliphatic carbocycles. The molecule has 4 heteroatoms. The van der Waals surface area contributed by atoms with Gasteiger partial charge in [0.15, 0.2) is 11.9 Å². The van der Waals surface area contributed by atoms with E-state index in [9.17, 15) is 4.79 Å². The van der Waals surface area contributed by atoms with Crippen molar-refractivity contribution in [1.82, 2.24) is 4.98 Å². The van der Waals surface area contributed by atoms with Crippen LogP contribution in [0.3, 0.4) is 0 Å². The highest BCUT2D eigenvalue weighted by molar-refractivity contribution is 6.04. The summed E-state index contributed by atoms with van der Waals surface area (Å²) in [6.07, 6.45) is 1.17. The first-order chi connectivity index (χ1) is 6.85. The highest BCUT2D eigenvalue weighted by Gasteiger charge is 2.09. The van der Waals surface area contributed by atoms with Gasteiger partial charge in [-0.1, -0.05) is 12.1 Å². The molecular weight excluding hydrogens is 182 g/mol. The van der Waals surface area contributed by atoms with Gasteiger partial charge < -0.3 is 9.52 Å². The summed E-state index contributed by atoms with van der Waals surface area (Å²) in [7, 11) is 0. The molecule has 2 rings (SSSR count). The third-order valence-corrected chi connectivity index (χ3v) is 1.81. The Morgan fingerprint density at radius 2 is 2.21 bits per heavy atom. The van der Waals surface area contributed by atoms with E-state index in [1.54, 1.807) is 18.2 Å². The van der Waals surface area contributed by atoms with E-state index < -0.39 is 0 Å². The van der Waals surface area contributed by atoms with E-state index >= 15 is 0 Å². The summed E-state index contributed by atoms with van der Waals surface area (Å²) in [6, 6.07) is 7.13. The molecule has 0 saturated heterocycles. The molecule has 0 spiro atoms. The van der Waals surface area contributed by atoms with Crippen LogP contribution in [0.25, 0.3) is 16.7 Å². The van der Waals surface area contributed by atoms with Gasteiger partial charge in [0.1, 0.15) is 11.1 Å². The summed E-state index contributed by atoms with van der Waals surface area (Å²) in [6.45, 7) is 0. The Bertz CT molecular complexity index is 466. The average molecular weight is 189 g/mol. The van der Waals surface area contributed by atoms with Crippen molar-refractivity contribution < 1.29 is 14.3 Å². The number of aromatic nitrogens is 1. The van der Waals surface area contributed by atoms with E-state index in [4.69, 9.17) is 9.52 Å². The third kappa shape index (κ3) is 1.26. The molecule has 0 saturated carbocycles. The van der Waals surface area contributed by atoms with Crippen LogP contribution in [0.5, 0.6) is 0 Å². The Morgan fingerprint density at radius 1 is 1.43 bits per heavy atom. The molecule has 0 aliphatic rings. The quantitative estimate of drug-likeness (QED) is 0.445. The number of aliphatic hydroxyl groups is 1. The SMILES string of the molecule is O=C/C(=C\O)c1nc2ccccc2o1. The van der Waals surface area contributed by atoms with E-state index in [0.29, 0.717) is 23.6 Å². The predicted molar refractivity (Wildman–Crippen MR) is 50.7 cm³/mol. The van der Waals surface area contributed by atoms with Gasteiger partial charge in [0, 0.05) is 0 Å². The second-order valence-corrected chi connectivity index (χ2v) is 2.69. The van der Waals surface area contributed by atoms with Crippen LogP contribution >= 0.6 is 0 Å². The number of carbonyl (C=O) groups excluding carboxylic acids is 1. The first kappa shape index (κ1) is 8.50. The lowest BCUT2D eigenvalue weighted by molar-refractivity contribution is -0.103. The molecule has 1 aromatic carbocycles. The van der Waals surface area contributed by atoms with Crippen molar-refractivity contribution in [2.75, 3.05) is 0 Å². The second kappa shape index (κ2) is 3.33. The van der Waals surface area contributed by atoms with Crippen LogP contribution in [0, 0.1) is 0 Å². The van der Waals surface area contributed by atoms with Gasteiger partial charge in [-0.2, -0.15) is 0 Å². The predicted octanol–water partition coefficient (Wildman–Crippen LogP) is 1.93. The number of oxazole rings is 1. The summed E-state index contributed by atoms with van der Waals surface area (Å²) in [4.78, 5) is 14.5. The van der Waals surface area contributed by atoms with Crippen molar-refractivity contribution in [3.63, 3.8) is 0 Å². The number of aldehydes is 1. The number of aliphatic hydroxyl groups excluding tert-OH is 1. The molecule has 0 bridgehead atoms. The van der Waals surface area contributed by atoms with Crippen LogP contribution < -0.4 is 0 Å². The number of benzene rings is 1. The lowest BCUT2D eigenvalue weighted by Gasteiger charge is -1.86. The minimum absolute atomic E-state index is 0.0289. The maximum Gasteiger partial charge on any atom is 0.233 e. The van der Waals surface area contributed by atoms with Gasteiger partial charge in [0.2, 0.25) is 5.89 Å². The molecule has 1 N–H and O–H groups in total. The van der Waals surface area contributed by atoms with Crippen LogP contribution in [-0.4, -0.2) is 16.4 Å². The fourth-order valence-electron chi connectivity index (χ4n) is 1.13. The van der Waals surface area contributed by atoms with E-state index in [2.05, 4.69) is 4.98 Å². The Hall–Kier alpha value is -2.10. The molecular formula is C10H7NO3. The molecule has 14 heavy (non-hydrogen) atoms. The normalized spacial score (nSPS) is 11.9. The van der Waals surface area contributed by atoms with E-state index in [1.165, 1.54) is 0 Å². The van der Waals surface area contributed by atoms with Gasteiger partial charge in [-0.25, -0.2) is 4.98 Å². The van der Waals surface area contributed by atoms with Crippen LogP contribution in [0.15, 0.2) is 34.9 Å². The van der Waals surface area contributed by atoms with Crippen molar-refractivity contribution in [3.05, 3.63) is 36.4 Å². The lowest BCUT2D eigenvalue weighted by Crippen LogP contribution is -1.84. The van der Waals surface area contributed by atoms with Crippen LogP contribution in [0.2, 0.25) is 0 Å². The van der Waals surface area contributed by atoms with Gasteiger partial charge in [-0.05, 0) is 12.1 Å². The zero-order chi connectivity index (χ0) is 9.97. The number of nitrogens with zero attached hydrogens (tertiary/aromatic N) is 1. The summed E-state index contributed by atoms with van der Waals surface area (Å²) in [5, 5.41) is 8.71. The number of hydrogen-bond acceptors (Lipinski definition) is 4. The molecule has 0 amide bonds. The smallest absolute Gasteiger partial charge is 0.233 e. The standard InChI is InChI=1S/C10H7NO3/c12-5-7(6-13)10-11-8-3-1-2-4-9(8)14-10/h1-6,12H/b7-5+. The molecule has 0 aliphatic heterocycles. The van der Waals surface area contributed by atoms with Crippen LogP contribution in [0.4, 0.5) is 0 Å². The van der Waals surface area contributed by atoms with Gasteiger partial charge in [0.05, 0.1) is 6.26 Å². The first-order valence-electron chi connectivity index (χ1n) is 4.00. The summed E-state index contributed by atoms with van der Waals surface area (Å²) in [5.74, 6) is 0.128. The molecule has 1 aromatic heterocycles. The number of para-hydroxylation sites is 2. The van der Waals surface area contributed by atoms with Crippen molar-refractivity contribution in [3.8, 4) is 0 Å². The summed E-state index contributed by atoms with van der Waals surface area (Å²) in [5.41, 5.74) is 1.27. The topological polar surface area (TPSA) is 63.3 Å². The molecule has 4 nitrogen and oxygen atoms in total. The Kier molecular flexibility index (Phi) is 2.02. The zero-order valence-electron chi connectivity index (χ0n) is 7.18. The molecule has 1 heterocycles. The fraction of sp³-hybridized carbons (Fsp3) is 0. The number of carbonyl (C=O) groups is 1. The van der Waals surface area contributed by atoms with Gasteiger partial charge in [-0.3, -0.25) is 4.79 Å². The van der Waals surface area contributed by atoms with E-state index in [-0.39, 0.29) is 11.5 Å². The van der Waals surface area contributed by atoms with Crippen LogP contribution in [-0.2, 0) is 4.79 Å².